The zero-order valence-electron chi connectivity index (χ0n) is 11.1. The number of nitriles is 1. The molecule has 2 N–H and O–H groups in total. The minimum absolute atomic E-state index is 0.239. The molecule has 1 aromatic carbocycles. The van der Waals surface area contributed by atoms with E-state index in [0.29, 0.717) is 0 Å². The maximum atomic E-state index is 11.9. The lowest BCUT2D eigenvalue weighted by Gasteiger charge is -2.16. The lowest BCUT2D eigenvalue weighted by Crippen LogP contribution is -2.46. The number of nitrogens with one attached hydrogen (secondary N) is 1. The van der Waals surface area contributed by atoms with Crippen molar-refractivity contribution in [2.75, 3.05) is 13.7 Å². The van der Waals surface area contributed by atoms with Gasteiger partial charge in [-0.05, 0) is 12.0 Å². The zero-order valence-corrected chi connectivity index (χ0v) is 11.1. The van der Waals surface area contributed by atoms with Crippen molar-refractivity contribution >= 4 is 11.9 Å². The summed E-state index contributed by atoms with van der Waals surface area (Å²) in [5.74, 6) is -2.30. The van der Waals surface area contributed by atoms with Crippen LogP contribution in [-0.4, -0.2) is 36.7 Å². The maximum absolute atomic E-state index is 11.9. The molecular weight excluding hydrogens is 260 g/mol. The Morgan fingerprint density at radius 1 is 1.40 bits per heavy atom. The van der Waals surface area contributed by atoms with Crippen molar-refractivity contribution in [3.05, 3.63) is 35.9 Å². The molecule has 0 aromatic heterocycles. The number of aliphatic hydroxyl groups excluding tert-OH is 1. The number of esters is 1. The minimum atomic E-state index is -1.15. The second kappa shape index (κ2) is 7.92. The number of amides is 1. The molecule has 0 heterocycles. The summed E-state index contributed by atoms with van der Waals surface area (Å²) in [5.41, 5.74) is 0.841. The molecule has 6 nitrogen and oxygen atoms in total. The molecule has 0 saturated carbocycles. The quantitative estimate of drug-likeness (QED) is 0.713. The summed E-state index contributed by atoms with van der Waals surface area (Å²) in [6.45, 7) is -0.581. The van der Waals surface area contributed by atoms with E-state index in [1.165, 1.54) is 0 Å². The smallest absolute Gasteiger partial charge is 0.330 e. The summed E-state index contributed by atoms with van der Waals surface area (Å²) in [5, 5.41) is 20.4. The summed E-state index contributed by atoms with van der Waals surface area (Å²) in [7, 11) is 1.16. The highest BCUT2D eigenvalue weighted by molar-refractivity contribution is 5.87. The van der Waals surface area contributed by atoms with E-state index in [1.54, 1.807) is 12.1 Å². The van der Waals surface area contributed by atoms with Crippen LogP contribution in [0.25, 0.3) is 0 Å². The van der Waals surface area contributed by atoms with Crippen LogP contribution in [0.15, 0.2) is 30.3 Å². The van der Waals surface area contributed by atoms with Crippen LogP contribution in [0.4, 0.5) is 0 Å². The molecule has 1 rings (SSSR count). The van der Waals surface area contributed by atoms with Gasteiger partial charge in [-0.25, -0.2) is 4.79 Å². The van der Waals surface area contributed by atoms with Gasteiger partial charge in [-0.2, -0.15) is 5.26 Å². The van der Waals surface area contributed by atoms with Gasteiger partial charge in [-0.1, -0.05) is 30.3 Å². The third kappa shape index (κ3) is 4.37. The van der Waals surface area contributed by atoms with E-state index >= 15 is 0 Å². The van der Waals surface area contributed by atoms with Crippen LogP contribution in [0.1, 0.15) is 5.56 Å². The van der Waals surface area contributed by atoms with E-state index in [4.69, 9.17) is 10.4 Å². The molecule has 0 saturated heterocycles. The third-order valence-corrected chi connectivity index (χ3v) is 2.74. The molecule has 1 aromatic rings. The van der Waals surface area contributed by atoms with Crippen LogP contribution in [-0.2, 0) is 20.7 Å². The topological polar surface area (TPSA) is 99.4 Å². The number of hydrogen-bond acceptors (Lipinski definition) is 5. The molecule has 0 aliphatic carbocycles. The van der Waals surface area contributed by atoms with E-state index in [-0.39, 0.29) is 6.42 Å². The van der Waals surface area contributed by atoms with Crippen molar-refractivity contribution < 1.29 is 19.4 Å². The first-order valence-electron chi connectivity index (χ1n) is 6.05. The maximum Gasteiger partial charge on any atom is 0.330 e. The van der Waals surface area contributed by atoms with Crippen molar-refractivity contribution in [2.45, 2.75) is 12.5 Å². The molecule has 6 heteroatoms. The highest BCUT2D eigenvalue weighted by atomic mass is 16.5. The Morgan fingerprint density at radius 2 is 2.05 bits per heavy atom. The minimum Gasteiger partial charge on any atom is -0.467 e. The number of methoxy groups -OCH3 is 1. The van der Waals surface area contributed by atoms with E-state index in [1.807, 2.05) is 24.3 Å². The van der Waals surface area contributed by atoms with Gasteiger partial charge in [0.05, 0.1) is 19.8 Å². The third-order valence-electron chi connectivity index (χ3n) is 2.74. The van der Waals surface area contributed by atoms with Gasteiger partial charge in [0.25, 0.3) is 0 Å². The number of nitrogens with zero attached hydrogens (tertiary/aromatic N) is 1. The van der Waals surface area contributed by atoms with E-state index in [9.17, 15) is 9.59 Å². The average molecular weight is 276 g/mol. The zero-order chi connectivity index (χ0) is 15.0. The molecule has 0 spiro atoms. The molecular formula is C14H16N2O4. The first-order chi connectivity index (χ1) is 9.62. The first-order valence-corrected chi connectivity index (χ1v) is 6.05. The summed E-state index contributed by atoms with van der Waals surface area (Å²) < 4.78 is 4.44. The molecule has 2 atom stereocenters. The van der Waals surface area contributed by atoms with Crippen molar-refractivity contribution in [3.8, 4) is 6.07 Å². The largest absolute Gasteiger partial charge is 0.467 e. The van der Waals surface area contributed by atoms with Crippen LogP contribution >= 0.6 is 0 Å². The molecule has 20 heavy (non-hydrogen) atoms. The van der Waals surface area contributed by atoms with Gasteiger partial charge >= 0.3 is 5.97 Å². The van der Waals surface area contributed by atoms with Crippen molar-refractivity contribution in [2.24, 2.45) is 5.92 Å². The van der Waals surface area contributed by atoms with Gasteiger partial charge in [-0.3, -0.25) is 4.79 Å². The molecule has 0 aliphatic rings. The lowest BCUT2D eigenvalue weighted by atomic mass is 9.99. The monoisotopic (exact) mass is 276 g/mol. The summed E-state index contributed by atoms with van der Waals surface area (Å²) in [4.78, 5) is 23.2. The van der Waals surface area contributed by atoms with Gasteiger partial charge in [-0.15, -0.1) is 0 Å². The van der Waals surface area contributed by atoms with Crippen LogP contribution in [0.2, 0.25) is 0 Å². The standard InChI is InChI=1S/C14H16N2O4/c1-20-14(19)12(9-17)16-13(18)11(8-15)7-10-5-3-2-4-6-10/h2-6,11-12,17H,7,9H2,1H3,(H,16,18). The average Bonchev–Trinajstić information content (AvgIpc) is 2.50. The van der Waals surface area contributed by atoms with Crippen molar-refractivity contribution in [3.63, 3.8) is 0 Å². The number of carbonyl (C=O) groups is 2. The van der Waals surface area contributed by atoms with Crippen LogP contribution < -0.4 is 5.32 Å². The first kappa shape index (κ1) is 15.7. The lowest BCUT2D eigenvalue weighted by molar-refractivity contribution is -0.146. The number of ether oxygens (including phenoxy) is 1. The number of rotatable bonds is 6. The second-order valence-corrected chi connectivity index (χ2v) is 4.14. The summed E-state index contributed by atoms with van der Waals surface area (Å²) in [6, 6.07) is 9.81. The van der Waals surface area contributed by atoms with Crippen molar-refractivity contribution in [1.29, 1.82) is 5.26 Å². The number of carbonyl (C=O) groups excluding carboxylic acids is 2. The van der Waals surface area contributed by atoms with Crippen LogP contribution in [0.5, 0.6) is 0 Å². The van der Waals surface area contributed by atoms with Gasteiger partial charge in [0.15, 0.2) is 6.04 Å². The SMILES string of the molecule is COC(=O)C(CO)NC(=O)C(C#N)Cc1ccccc1. The Balaban J connectivity index is 2.68. The van der Waals surface area contributed by atoms with Crippen LogP contribution in [0, 0.1) is 17.2 Å². The highest BCUT2D eigenvalue weighted by Crippen LogP contribution is 2.08. The fourth-order valence-corrected chi connectivity index (χ4v) is 1.64. The van der Waals surface area contributed by atoms with E-state index < -0.39 is 30.4 Å². The highest BCUT2D eigenvalue weighted by Gasteiger charge is 2.25. The normalized spacial score (nSPS) is 12.8. The molecule has 0 fully saturated rings. The van der Waals surface area contributed by atoms with Gasteiger partial charge in [0.1, 0.15) is 5.92 Å². The predicted octanol–water partition coefficient (Wildman–Crippen LogP) is 0.0190. The molecule has 0 radical (unpaired) electrons. The van der Waals surface area contributed by atoms with E-state index in [0.717, 1.165) is 12.7 Å². The second-order valence-electron chi connectivity index (χ2n) is 4.14. The predicted molar refractivity (Wildman–Crippen MR) is 70.3 cm³/mol. The number of benzene rings is 1. The molecule has 0 aliphatic heterocycles. The summed E-state index contributed by atoms with van der Waals surface area (Å²) >= 11 is 0. The van der Waals surface area contributed by atoms with Crippen LogP contribution in [0.3, 0.4) is 0 Å². The molecule has 2 unspecified atom stereocenters. The van der Waals surface area contributed by atoms with Gasteiger partial charge < -0.3 is 15.2 Å². The Bertz CT molecular complexity index is 496. The Hall–Kier alpha value is -2.39. The molecule has 106 valence electrons. The fraction of sp³-hybridized carbons (Fsp3) is 0.357. The van der Waals surface area contributed by atoms with Gasteiger partial charge in [0.2, 0.25) is 5.91 Å². The Labute approximate surface area is 117 Å². The number of aliphatic hydroxyl groups is 1. The van der Waals surface area contributed by atoms with Gasteiger partial charge in [0, 0.05) is 0 Å². The fourth-order valence-electron chi connectivity index (χ4n) is 1.64. The molecule has 0 bridgehead atoms. The number of hydrogen-bond donors (Lipinski definition) is 2. The Kier molecular flexibility index (Phi) is 6.20. The van der Waals surface area contributed by atoms with Crippen molar-refractivity contribution in [1.82, 2.24) is 5.32 Å². The summed E-state index contributed by atoms with van der Waals surface area (Å²) in [6.07, 6.45) is 0.239. The Morgan fingerprint density at radius 3 is 2.55 bits per heavy atom. The van der Waals surface area contributed by atoms with E-state index in [2.05, 4.69) is 10.1 Å². The molecule has 1 amide bonds.